The molecule has 142 valence electrons. The molecule has 9 heteroatoms. The summed E-state index contributed by atoms with van der Waals surface area (Å²) in [5, 5.41) is 3.32. The lowest BCUT2D eigenvalue weighted by Gasteiger charge is -2.29. The highest BCUT2D eigenvalue weighted by atomic mass is 16.5. The van der Waals surface area contributed by atoms with Gasteiger partial charge in [-0.15, -0.1) is 0 Å². The lowest BCUT2D eigenvalue weighted by molar-refractivity contribution is 0.413. The smallest absolute Gasteiger partial charge is 0.332 e. The maximum atomic E-state index is 13.0. The van der Waals surface area contributed by atoms with Crippen LogP contribution in [0.2, 0.25) is 0 Å². The molecule has 0 bridgehead atoms. The number of nitrogens with one attached hydrogen (secondary N) is 1. The zero-order valence-corrected chi connectivity index (χ0v) is 15.6. The Morgan fingerprint density at radius 3 is 2.48 bits per heavy atom. The number of benzene rings is 1. The Morgan fingerprint density at radius 1 is 1.07 bits per heavy atom. The number of hydrogen-bond donors (Lipinski definition) is 1. The largest absolute Gasteiger partial charge is 0.495 e. The standard InChI is InChI=1S/C18H22N6O3/c1-21-15-14(16(25)22(2)18(21)26)24(12-6-4-5-7-13(12)27-3)17(20-15)23-10-8-19-9-11-23/h4-7,19H,8-11H2,1-3H3. The van der Waals surface area contributed by atoms with E-state index in [-0.39, 0.29) is 5.56 Å². The van der Waals surface area contributed by atoms with Gasteiger partial charge in [0.1, 0.15) is 5.75 Å². The quantitative estimate of drug-likeness (QED) is 0.690. The molecule has 0 saturated carbocycles. The summed E-state index contributed by atoms with van der Waals surface area (Å²) in [4.78, 5) is 32.2. The third-order valence-electron chi connectivity index (χ3n) is 4.97. The van der Waals surface area contributed by atoms with Crippen LogP contribution in [-0.4, -0.2) is 52.0 Å². The zero-order valence-electron chi connectivity index (χ0n) is 15.6. The molecular weight excluding hydrogens is 348 g/mol. The molecule has 27 heavy (non-hydrogen) atoms. The summed E-state index contributed by atoms with van der Waals surface area (Å²) in [6.45, 7) is 3.16. The summed E-state index contributed by atoms with van der Waals surface area (Å²) in [6, 6.07) is 7.49. The number of aromatic nitrogens is 4. The summed E-state index contributed by atoms with van der Waals surface area (Å²) < 4.78 is 9.85. The fraction of sp³-hybridized carbons (Fsp3) is 0.389. The Hall–Kier alpha value is -3.07. The van der Waals surface area contributed by atoms with Crippen LogP contribution in [0.5, 0.6) is 5.75 Å². The van der Waals surface area contributed by atoms with Crippen LogP contribution >= 0.6 is 0 Å². The molecule has 1 saturated heterocycles. The van der Waals surface area contributed by atoms with Gasteiger partial charge in [-0.25, -0.2) is 4.79 Å². The van der Waals surface area contributed by atoms with Crippen LogP contribution in [0.15, 0.2) is 33.9 Å². The van der Waals surface area contributed by atoms with E-state index in [1.165, 1.54) is 11.6 Å². The van der Waals surface area contributed by atoms with Crippen molar-refractivity contribution in [2.24, 2.45) is 14.1 Å². The number of aryl methyl sites for hydroxylation is 1. The zero-order chi connectivity index (χ0) is 19.1. The first-order chi connectivity index (χ1) is 13.0. The maximum absolute atomic E-state index is 13.0. The van der Waals surface area contributed by atoms with Crippen molar-refractivity contribution in [3.8, 4) is 11.4 Å². The molecule has 9 nitrogen and oxygen atoms in total. The van der Waals surface area contributed by atoms with E-state index in [9.17, 15) is 9.59 Å². The molecule has 0 spiro atoms. The molecule has 0 radical (unpaired) electrons. The lowest BCUT2D eigenvalue weighted by Crippen LogP contribution is -2.44. The van der Waals surface area contributed by atoms with Crippen molar-refractivity contribution in [3.05, 3.63) is 45.1 Å². The number of piperazine rings is 1. The van der Waals surface area contributed by atoms with Crippen molar-refractivity contribution in [3.63, 3.8) is 0 Å². The van der Waals surface area contributed by atoms with Crippen molar-refractivity contribution in [2.75, 3.05) is 38.2 Å². The molecule has 3 aromatic rings. The molecule has 1 aromatic carbocycles. The molecular formula is C18H22N6O3. The molecule has 0 aliphatic carbocycles. The van der Waals surface area contributed by atoms with E-state index in [0.717, 1.165) is 30.7 Å². The first-order valence-corrected chi connectivity index (χ1v) is 8.82. The molecule has 1 aliphatic heterocycles. The van der Waals surface area contributed by atoms with Gasteiger partial charge in [-0.3, -0.25) is 18.5 Å². The Labute approximate surface area is 155 Å². The first kappa shape index (κ1) is 17.3. The Kier molecular flexibility index (Phi) is 4.23. The van der Waals surface area contributed by atoms with Crippen LogP contribution in [0, 0.1) is 0 Å². The van der Waals surface area contributed by atoms with Crippen LogP contribution in [0.3, 0.4) is 0 Å². The highest BCUT2D eigenvalue weighted by Crippen LogP contribution is 2.30. The second-order valence-corrected chi connectivity index (χ2v) is 6.53. The average molecular weight is 370 g/mol. The van der Waals surface area contributed by atoms with Crippen molar-refractivity contribution in [2.45, 2.75) is 0 Å². The number of hydrogen-bond acceptors (Lipinski definition) is 6. The minimum atomic E-state index is -0.399. The van der Waals surface area contributed by atoms with Crippen LogP contribution in [-0.2, 0) is 14.1 Å². The summed E-state index contributed by atoms with van der Waals surface area (Å²) in [5.74, 6) is 1.26. The summed E-state index contributed by atoms with van der Waals surface area (Å²) >= 11 is 0. The summed E-state index contributed by atoms with van der Waals surface area (Å²) in [7, 11) is 4.70. The summed E-state index contributed by atoms with van der Waals surface area (Å²) in [5.41, 5.74) is 0.656. The van der Waals surface area contributed by atoms with Crippen LogP contribution in [0.4, 0.5) is 5.95 Å². The van der Waals surface area contributed by atoms with Gasteiger partial charge in [0.05, 0.1) is 12.8 Å². The molecule has 2 aromatic heterocycles. The Bertz CT molecular complexity index is 1120. The summed E-state index contributed by atoms with van der Waals surface area (Å²) in [6.07, 6.45) is 0. The van der Waals surface area contributed by atoms with Crippen LogP contribution in [0.1, 0.15) is 0 Å². The molecule has 4 rings (SSSR count). The van der Waals surface area contributed by atoms with Crippen LogP contribution < -0.4 is 26.2 Å². The number of fused-ring (bicyclic) bond motifs is 1. The maximum Gasteiger partial charge on any atom is 0.332 e. The van der Waals surface area contributed by atoms with Gasteiger partial charge in [-0.2, -0.15) is 4.98 Å². The van der Waals surface area contributed by atoms with Gasteiger partial charge < -0.3 is 15.0 Å². The van der Waals surface area contributed by atoms with E-state index in [0.29, 0.717) is 28.5 Å². The fourth-order valence-corrected chi connectivity index (χ4v) is 3.50. The van der Waals surface area contributed by atoms with Crippen molar-refractivity contribution < 1.29 is 4.74 Å². The lowest BCUT2D eigenvalue weighted by atomic mass is 10.3. The van der Waals surface area contributed by atoms with Crippen molar-refractivity contribution in [1.29, 1.82) is 0 Å². The Morgan fingerprint density at radius 2 is 1.78 bits per heavy atom. The molecule has 0 atom stereocenters. The molecule has 1 N–H and O–H groups in total. The molecule has 0 amide bonds. The van der Waals surface area contributed by atoms with Crippen molar-refractivity contribution >= 4 is 17.1 Å². The van der Waals surface area contributed by atoms with Gasteiger partial charge in [0.15, 0.2) is 11.2 Å². The van der Waals surface area contributed by atoms with Gasteiger partial charge >= 0.3 is 5.69 Å². The van der Waals surface area contributed by atoms with Crippen LogP contribution in [0.25, 0.3) is 16.9 Å². The van der Waals surface area contributed by atoms with E-state index in [1.807, 2.05) is 24.3 Å². The van der Waals surface area contributed by atoms with E-state index in [1.54, 1.807) is 18.7 Å². The first-order valence-electron chi connectivity index (χ1n) is 8.82. The number of nitrogens with zero attached hydrogens (tertiary/aromatic N) is 5. The van der Waals surface area contributed by atoms with E-state index in [2.05, 4.69) is 10.2 Å². The minimum Gasteiger partial charge on any atom is -0.495 e. The highest BCUT2D eigenvalue weighted by Gasteiger charge is 2.25. The fourth-order valence-electron chi connectivity index (χ4n) is 3.50. The third kappa shape index (κ3) is 2.62. The number of anilines is 1. The Balaban J connectivity index is 2.13. The van der Waals surface area contributed by atoms with Gasteiger partial charge in [-0.1, -0.05) is 12.1 Å². The molecule has 1 fully saturated rings. The third-order valence-corrected chi connectivity index (χ3v) is 4.97. The van der Waals surface area contributed by atoms with E-state index in [4.69, 9.17) is 9.72 Å². The monoisotopic (exact) mass is 370 g/mol. The predicted molar refractivity (Wildman–Crippen MR) is 103 cm³/mol. The van der Waals surface area contributed by atoms with E-state index < -0.39 is 5.69 Å². The predicted octanol–water partition coefficient (Wildman–Crippen LogP) is -0.159. The SMILES string of the molecule is COc1ccccc1-n1c(N2CCNCC2)nc2c1c(=O)n(C)c(=O)n2C. The number of rotatable bonds is 3. The molecule has 3 heterocycles. The minimum absolute atomic E-state index is 0.359. The topological polar surface area (TPSA) is 86.3 Å². The second kappa shape index (κ2) is 6.58. The van der Waals surface area contributed by atoms with Crippen molar-refractivity contribution in [1.82, 2.24) is 24.0 Å². The molecule has 0 unspecified atom stereocenters. The average Bonchev–Trinajstić information content (AvgIpc) is 3.12. The van der Waals surface area contributed by atoms with Gasteiger partial charge in [-0.05, 0) is 12.1 Å². The van der Waals surface area contributed by atoms with Gasteiger partial charge in [0.25, 0.3) is 5.56 Å². The molecule has 1 aliphatic rings. The second-order valence-electron chi connectivity index (χ2n) is 6.53. The van der Waals surface area contributed by atoms with Gasteiger partial charge in [0, 0.05) is 40.3 Å². The highest BCUT2D eigenvalue weighted by molar-refractivity contribution is 5.78. The number of imidazole rings is 1. The normalized spacial score (nSPS) is 14.7. The number of ether oxygens (including phenoxy) is 1. The number of methoxy groups -OCH3 is 1. The van der Waals surface area contributed by atoms with E-state index >= 15 is 0 Å². The van der Waals surface area contributed by atoms with Gasteiger partial charge in [0.2, 0.25) is 5.95 Å². The number of para-hydroxylation sites is 2.